The molecule has 0 saturated carbocycles. The van der Waals surface area contributed by atoms with E-state index in [9.17, 15) is 9.59 Å². The molecule has 0 aliphatic rings. The van der Waals surface area contributed by atoms with Crippen LogP contribution in [0.15, 0.2) is 29.3 Å². The van der Waals surface area contributed by atoms with Crippen molar-refractivity contribution in [3.05, 3.63) is 59.8 Å². The van der Waals surface area contributed by atoms with Crippen molar-refractivity contribution in [3.8, 4) is 0 Å². The van der Waals surface area contributed by atoms with Crippen LogP contribution in [0.2, 0.25) is 10.0 Å². The van der Waals surface area contributed by atoms with E-state index in [0.717, 1.165) is 0 Å². The van der Waals surface area contributed by atoms with Crippen LogP contribution < -0.4 is 5.56 Å². The fraction of sp³-hybridized carbons (Fsp3) is 0.154. The number of Topliss-reactive ketones (excluding diaryl/α,β-unsaturated/α-hetero) is 1. The standard InChI is InChI=1S/C13H9Cl2IN2O2/c1-7-12(16)13(20)18(6-17-7)5-11(19)9-3-2-8(14)4-10(9)15/h2-4,6H,5H2,1H3. The van der Waals surface area contributed by atoms with E-state index < -0.39 is 0 Å². The van der Waals surface area contributed by atoms with E-state index >= 15 is 0 Å². The lowest BCUT2D eigenvalue weighted by atomic mass is 10.1. The maximum atomic E-state index is 12.2. The predicted octanol–water partition coefficient (Wildman–Crippen LogP) is 3.35. The van der Waals surface area contributed by atoms with Crippen molar-refractivity contribution in [3.63, 3.8) is 0 Å². The Morgan fingerprint density at radius 3 is 2.75 bits per heavy atom. The summed E-state index contributed by atoms with van der Waals surface area (Å²) in [4.78, 5) is 28.3. The number of ketones is 1. The summed E-state index contributed by atoms with van der Waals surface area (Å²) >= 11 is 13.7. The Hall–Kier alpha value is -0.920. The number of carbonyl (C=O) groups is 1. The molecule has 1 heterocycles. The van der Waals surface area contributed by atoms with Crippen LogP contribution in [0.25, 0.3) is 0 Å². The number of carbonyl (C=O) groups excluding carboxylic acids is 1. The van der Waals surface area contributed by atoms with Crippen LogP contribution in [0.1, 0.15) is 16.1 Å². The van der Waals surface area contributed by atoms with E-state index in [1.807, 2.05) is 22.6 Å². The molecule has 4 nitrogen and oxygen atoms in total. The Bertz CT molecular complexity index is 744. The van der Waals surface area contributed by atoms with Gasteiger partial charge in [0.2, 0.25) is 0 Å². The number of aromatic nitrogens is 2. The van der Waals surface area contributed by atoms with Gasteiger partial charge in [-0.05, 0) is 47.7 Å². The quantitative estimate of drug-likeness (QED) is 0.563. The van der Waals surface area contributed by atoms with E-state index in [1.54, 1.807) is 19.1 Å². The largest absolute Gasteiger partial charge is 0.292 e. The average Bonchev–Trinajstić information content (AvgIpc) is 2.39. The van der Waals surface area contributed by atoms with Gasteiger partial charge in [0.15, 0.2) is 5.78 Å². The third-order valence-corrected chi connectivity index (χ3v) is 4.49. The van der Waals surface area contributed by atoms with Gasteiger partial charge in [0.25, 0.3) is 5.56 Å². The van der Waals surface area contributed by atoms with Crippen molar-refractivity contribution in [2.75, 3.05) is 0 Å². The van der Waals surface area contributed by atoms with Crippen LogP contribution in [-0.4, -0.2) is 15.3 Å². The van der Waals surface area contributed by atoms with Crippen molar-refractivity contribution in [2.24, 2.45) is 0 Å². The highest BCUT2D eigenvalue weighted by Crippen LogP contribution is 2.21. The Kier molecular flexibility index (Phi) is 4.82. The van der Waals surface area contributed by atoms with E-state index in [-0.39, 0.29) is 22.9 Å². The summed E-state index contributed by atoms with van der Waals surface area (Å²) < 4.78 is 1.77. The third kappa shape index (κ3) is 3.21. The van der Waals surface area contributed by atoms with Gasteiger partial charge in [0.05, 0.1) is 27.2 Å². The molecule has 0 bridgehead atoms. The van der Waals surface area contributed by atoms with Crippen LogP contribution in [0.4, 0.5) is 0 Å². The molecule has 2 aromatic rings. The lowest BCUT2D eigenvalue weighted by Crippen LogP contribution is -2.27. The molecule has 7 heteroatoms. The normalized spacial score (nSPS) is 10.6. The van der Waals surface area contributed by atoms with Gasteiger partial charge in [-0.1, -0.05) is 23.2 Å². The average molecular weight is 423 g/mol. The number of hydrogen-bond donors (Lipinski definition) is 0. The second-order valence-corrected chi connectivity index (χ2v) is 6.05. The van der Waals surface area contributed by atoms with Gasteiger partial charge >= 0.3 is 0 Å². The summed E-state index contributed by atoms with van der Waals surface area (Å²) in [6, 6.07) is 4.63. The van der Waals surface area contributed by atoms with Crippen LogP contribution in [0, 0.1) is 10.5 Å². The van der Waals surface area contributed by atoms with E-state index in [4.69, 9.17) is 23.2 Å². The molecule has 0 saturated heterocycles. The molecule has 20 heavy (non-hydrogen) atoms. The van der Waals surface area contributed by atoms with E-state index in [0.29, 0.717) is 19.9 Å². The van der Waals surface area contributed by atoms with Crippen molar-refractivity contribution in [1.29, 1.82) is 0 Å². The van der Waals surface area contributed by atoms with Crippen LogP contribution >= 0.6 is 45.8 Å². The first-order chi connectivity index (χ1) is 9.40. The molecule has 0 aliphatic carbocycles. The minimum atomic E-state index is -0.268. The minimum Gasteiger partial charge on any atom is -0.292 e. The molecule has 0 amide bonds. The predicted molar refractivity (Wildman–Crippen MR) is 86.7 cm³/mol. The van der Waals surface area contributed by atoms with Gasteiger partial charge in [0.1, 0.15) is 0 Å². The SMILES string of the molecule is Cc1ncn(CC(=O)c2ccc(Cl)cc2Cl)c(=O)c1I. The van der Waals surface area contributed by atoms with Gasteiger partial charge in [0, 0.05) is 10.6 Å². The van der Waals surface area contributed by atoms with Gasteiger partial charge in [-0.2, -0.15) is 0 Å². The maximum Gasteiger partial charge on any atom is 0.267 e. The lowest BCUT2D eigenvalue weighted by Gasteiger charge is -2.07. The first-order valence-corrected chi connectivity index (χ1v) is 7.43. The molecule has 1 aromatic heterocycles. The summed E-state index contributed by atoms with van der Waals surface area (Å²) in [5.41, 5.74) is 0.735. The molecule has 0 unspecified atom stereocenters. The van der Waals surface area contributed by atoms with Crippen LogP contribution in [0.3, 0.4) is 0 Å². The molecule has 0 atom stereocenters. The number of aryl methyl sites for hydroxylation is 1. The second-order valence-electron chi connectivity index (χ2n) is 4.12. The first kappa shape index (κ1) is 15.5. The summed E-state index contributed by atoms with van der Waals surface area (Å²) in [7, 11) is 0. The van der Waals surface area contributed by atoms with Gasteiger partial charge in [-0.15, -0.1) is 0 Å². The highest BCUT2D eigenvalue weighted by atomic mass is 127. The number of hydrogen-bond acceptors (Lipinski definition) is 3. The van der Waals surface area contributed by atoms with Crippen molar-refractivity contribution >= 4 is 51.6 Å². The number of rotatable bonds is 3. The minimum absolute atomic E-state index is 0.108. The number of benzene rings is 1. The van der Waals surface area contributed by atoms with Crippen molar-refractivity contribution in [1.82, 2.24) is 9.55 Å². The summed E-state index contributed by atoms with van der Waals surface area (Å²) in [6.45, 7) is 1.63. The Labute approximate surface area is 138 Å². The van der Waals surface area contributed by atoms with Crippen molar-refractivity contribution < 1.29 is 4.79 Å². The first-order valence-electron chi connectivity index (χ1n) is 5.60. The zero-order valence-electron chi connectivity index (χ0n) is 10.4. The molecule has 2 rings (SSSR count). The Balaban J connectivity index is 2.33. The van der Waals surface area contributed by atoms with Crippen LogP contribution in [0.5, 0.6) is 0 Å². The second kappa shape index (κ2) is 6.24. The summed E-state index contributed by atoms with van der Waals surface area (Å²) in [6.07, 6.45) is 1.36. The molecule has 0 spiro atoms. The molecule has 0 fully saturated rings. The smallest absolute Gasteiger partial charge is 0.267 e. The molecule has 1 aromatic carbocycles. The molecule has 0 N–H and O–H groups in total. The van der Waals surface area contributed by atoms with Gasteiger partial charge < -0.3 is 0 Å². The van der Waals surface area contributed by atoms with Gasteiger partial charge in [-0.25, -0.2) is 4.98 Å². The maximum absolute atomic E-state index is 12.2. The third-order valence-electron chi connectivity index (χ3n) is 2.70. The number of nitrogens with zero attached hydrogens (tertiary/aromatic N) is 2. The van der Waals surface area contributed by atoms with E-state index in [1.165, 1.54) is 17.0 Å². The molecule has 0 aliphatic heterocycles. The molecular weight excluding hydrogens is 414 g/mol. The number of halogens is 3. The fourth-order valence-corrected chi connectivity index (χ4v) is 2.58. The molecule has 0 radical (unpaired) electrons. The highest BCUT2D eigenvalue weighted by molar-refractivity contribution is 14.1. The highest BCUT2D eigenvalue weighted by Gasteiger charge is 2.14. The van der Waals surface area contributed by atoms with Crippen LogP contribution in [-0.2, 0) is 6.54 Å². The lowest BCUT2D eigenvalue weighted by molar-refractivity contribution is 0.0970. The van der Waals surface area contributed by atoms with E-state index in [2.05, 4.69) is 4.98 Å². The Morgan fingerprint density at radius 1 is 1.40 bits per heavy atom. The summed E-state index contributed by atoms with van der Waals surface area (Å²) in [5, 5.41) is 0.723. The van der Waals surface area contributed by atoms with Gasteiger partial charge in [-0.3, -0.25) is 14.2 Å². The fourth-order valence-electron chi connectivity index (χ4n) is 1.61. The molecular formula is C13H9Cl2IN2O2. The summed E-state index contributed by atoms with van der Waals surface area (Å²) in [5.74, 6) is -0.268. The Morgan fingerprint density at radius 2 is 2.10 bits per heavy atom. The topological polar surface area (TPSA) is 52.0 Å². The molecule has 104 valence electrons. The zero-order valence-corrected chi connectivity index (χ0v) is 14.0. The van der Waals surface area contributed by atoms with Crippen molar-refractivity contribution in [2.45, 2.75) is 13.5 Å². The monoisotopic (exact) mass is 422 g/mol. The zero-order chi connectivity index (χ0) is 14.9.